The molecule has 0 spiro atoms. The van der Waals surface area contributed by atoms with Gasteiger partial charge in [-0.3, -0.25) is 14.5 Å². The number of aryl methyl sites for hydroxylation is 1. The largest absolute Gasteiger partial charge is 0.376 e. The fourth-order valence-corrected chi connectivity index (χ4v) is 9.26. The molecule has 0 unspecified atom stereocenters. The number of hydrogen-bond donors (Lipinski definition) is 1. The van der Waals surface area contributed by atoms with Crippen molar-refractivity contribution in [3.8, 4) is 0 Å². The van der Waals surface area contributed by atoms with Gasteiger partial charge in [-0.1, -0.05) is 48.3 Å². The summed E-state index contributed by atoms with van der Waals surface area (Å²) >= 11 is 13.4. The van der Waals surface area contributed by atoms with Crippen LogP contribution in [0, 0.1) is 5.92 Å². The number of anilines is 1. The van der Waals surface area contributed by atoms with E-state index in [1.54, 1.807) is 18.3 Å². The fraction of sp³-hybridized carbons (Fsp3) is 0.556. The molecule has 0 bridgehead atoms. The number of halogens is 2. The van der Waals surface area contributed by atoms with Crippen molar-refractivity contribution in [1.29, 1.82) is 0 Å². The van der Waals surface area contributed by atoms with Crippen LogP contribution >= 0.6 is 23.2 Å². The third kappa shape index (κ3) is 7.88. The van der Waals surface area contributed by atoms with Gasteiger partial charge in [0.2, 0.25) is 5.91 Å². The Morgan fingerprint density at radius 1 is 1.00 bits per heavy atom. The van der Waals surface area contributed by atoms with Crippen LogP contribution in [-0.4, -0.2) is 90.5 Å². The molecule has 3 aliphatic rings. The molecule has 3 fully saturated rings. The van der Waals surface area contributed by atoms with Crippen LogP contribution in [0.1, 0.15) is 67.8 Å². The topological polar surface area (TPSA) is 101 Å². The lowest BCUT2D eigenvalue weighted by molar-refractivity contribution is -0.133. The Morgan fingerprint density at radius 2 is 1.71 bits per heavy atom. The van der Waals surface area contributed by atoms with Crippen molar-refractivity contribution in [3.05, 3.63) is 63.8 Å². The lowest BCUT2D eigenvalue weighted by Crippen LogP contribution is -2.46. The summed E-state index contributed by atoms with van der Waals surface area (Å²) in [7, 11) is -1.17. The van der Waals surface area contributed by atoms with Gasteiger partial charge < -0.3 is 19.5 Å². The average molecular weight is 718 g/mol. The Hall–Kier alpha value is -2.63. The number of benzene rings is 2. The van der Waals surface area contributed by atoms with Gasteiger partial charge in [0.1, 0.15) is 9.84 Å². The van der Waals surface area contributed by atoms with Crippen LogP contribution in [0.4, 0.5) is 5.69 Å². The van der Waals surface area contributed by atoms with Crippen molar-refractivity contribution in [3.63, 3.8) is 0 Å². The molecule has 1 aliphatic carbocycles. The van der Waals surface area contributed by atoms with E-state index in [0.717, 1.165) is 48.9 Å². The first-order valence-corrected chi connectivity index (χ1v) is 19.8. The molecule has 1 aromatic heterocycles. The monoisotopic (exact) mass is 716 g/mol. The number of piperidine rings is 1. The zero-order valence-electron chi connectivity index (χ0n) is 28.0. The minimum absolute atomic E-state index is 0.0557. The van der Waals surface area contributed by atoms with Crippen molar-refractivity contribution in [2.24, 2.45) is 13.0 Å². The highest BCUT2D eigenvalue weighted by atomic mass is 35.5. The molecule has 9 nitrogen and oxygen atoms in total. The van der Waals surface area contributed by atoms with E-state index < -0.39 is 9.84 Å². The molecule has 6 rings (SSSR count). The molecule has 3 aromatic rings. The summed E-state index contributed by atoms with van der Waals surface area (Å²) in [5, 5.41) is 4.09. The van der Waals surface area contributed by atoms with Crippen molar-refractivity contribution >= 4 is 61.4 Å². The highest BCUT2D eigenvalue weighted by molar-refractivity contribution is 7.91. The second-order valence-electron chi connectivity index (χ2n) is 14.1. The van der Waals surface area contributed by atoms with E-state index in [-0.39, 0.29) is 41.7 Å². The van der Waals surface area contributed by atoms with Crippen LogP contribution in [0.3, 0.4) is 0 Å². The number of nitrogens with one attached hydrogen (secondary N) is 1. The summed E-state index contributed by atoms with van der Waals surface area (Å²) in [6.45, 7) is 4.73. The fourth-order valence-electron chi connectivity index (χ4n) is 7.73. The minimum Gasteiger partial charge on any atom is -0.376 e. The third-order valence-corrected chi connectivity index (χ3v) is 13.0. The molecule has 1 saturated carbocycles. The maximum Gasteiger partial charge on any atom is 0.257 e. The van der Waals surface area contributed by atoms with Gasteiger partial charge >= 0.3 is 0 Å². The number of sulfone groups is 1. The van der Waals surface area contributed by atoms with E-state index in [1.165, 1.54) is 6.26 Å². The molecular formula is C36H46Cl2N4O5S. The number of amides is 2. The maximum atomic E-state index is 14.0. The smallest absolute Gasteiger partial charge is 0.257 e. The van der Waals surface area contributed by atoms with Crippen molar-refractivity contribution in [1.82, 2.24) is 14.4 Å². The van der Waals surface area contributed by atoms with Gasteiger partial charge in [-0.05, 0) is 87.7 Å². The van der Waals surface area contributed by atoms with E-state index in [1.807, 2.05) is 40.8 Å². The molecule has 2 atom stereocenters. The summed E-state index contributed by atoms with van der Waals surface area (Å²) in [6.07, 6.45) is 9.81. The Balaban J connectivity index is 1.14. The Kier molecular flexibility index (Phi) is 10.8. The first-order valence-electron chi connectivity index (χ1n) is 17.0. The molecular weight excluding hydrogens is 671 g/mol. The molecule has 0 radical (unpaired) electrons. The van der Waals surface area contributed by atoms with Gasteiger partial charge in [0.05, 0.1) is 46.7 Å². The van der Waals surface area contributed by atoms with Gasteiger partial charge in [-0.25, -0.2) is 8.42 Å². The van der Waals surface area contributed by atoms with Crippen LogP contribution < -0.4 is 5.32 Å². The number of fused-ring (bicyclic) bond motifs is 1. The number of nitrogens with zero attached hydrogens (tertiary/aromatic N) is 3. The predicted octanol–water partition coefficient (Wildman–Crippen LogP) is 6.35. The Bertz CT molecular complexity index is 1760. The lowest BCUT2D eigenvalue weighted by atomic mass is 9.89. The first kappa shape index (κ1) is 35.2. The van der Waals surface area contributed by atoms with E-state index >= 15 is 0 Å². The summed E-state index contributed by atoms with van der Waals surface area (Å²) in [4.78, 5) is 31.5. The number of aromatic nitrogens is 1. The minimum atomic E-state index is -3.07. The Morgan fingerprint density at radius 3 is 2.42 bits per heavy atom. The Labute approximate surface area is 293 Å². The standard InChI is InChI=1S/C36H46Cl2N4O5S/c1-23-8-10-27(11-9-23)47-22-26-18-25(41-14-12-28(13-15-41)48(3,45)46)20-42(26)35(43)17-24-16-32(38)33(19-31(24)37)39-36(44)30-21-40(2)34-7-5-4-6-29(30)34/h4-7,16,19,21,23,25-28H,8-15,17-18,20,22H2,1-3H3,(H,39,44)/t23?,25-,26-,27?/m0/s1. The maximum absolute atomic E-state index is 14.0. The van der Waals surface area contributed by atoms with E-state index in [2.05, 4.69) is 17.1 Å². The third-order valence-electron chi connectivity index (χ3n) is 10.7. The van der Waals surface area contributed by atoms with Crippen LogP contribution in [-0.2, 0) is 32.8 Å². The highest BCUT2D eigenvalue weighted by Crippen LogP contribution is 2.34. The molecule has 48 heavy (non-hydrogen) atoms. The summed E-state index contributed by atoms with van der Waals surface area (Å²) in [5.41, 5.74) is 2.44. The van der Waals surface area contributed by atoms with Crippen LogP contribution in [0.15, 0.2) is 42.6 Å². The molecule has 1 N–H and O–H groups in total. The van der Waals surface area contributed by atoms with Gasteiger partial charge in [-0.15, -0.1) is 0 Å². The van der Waals surface area contributed by atoms with Gasteiger partial charge in [0, 0.05) is 48.0 Å². The number of carbonyl (C=O) groups excluding carboxylic acids is 2. The van der Waals surface area contributed by atoms with Gasteiger partial charge in [-0.2, -0.15) is 0 Å². The van der Waals surface area contributed by atoms with E-state index in [0.29, 0.717) is 65.9 Å². The average Bonchev–Trinajstić information content (AvgIpc) is 3.64. The number of rotatable bonds is 9. The number of ether oxygens (including phenoxy) is 1. The first-order chi connectivity index (χ1) is 22.9. The summed E-state index contributed by atoms with van der Waals surface area (Å²) in [6, 6.07) is 11.0. The molecule has 2 aliphatic heterocycles. The van der Waals surface area contributed by atoms with E-state index in [4.69, 9.17) is 27.9 Å². The van der Waals surface area contributed by atoms with Crippen molar-refractivity contribution in [2.45, 2.75) is 81.7 Å². The number of carbonyl (C=O) groups is 2. The molecule has 12 heteroatoms. The molecule has 2 saturated heterocycles. The van der Waals surface area contributed by atoms with Crippen molar-refractivity contribution < 1.29 is 22.7 Å². The van der Waals surface area contributed by atoms with Crippen LogP contribution in [0.25, 0.3) is 10.9 Å². The van der Waals surface area contributed by atoms with Crippen LogP contribution in [0.2, 0.25) is 10.0 Å². The highest BCUT2D eigenvalue weighted by Gasteiger charge is 2.40. The number of para-hydroxylation sites is 1. The number of likely N-dealkylation sites (tertiary alicyclic amines) is 2. The predicted molar refractivity (Wildman–Crippen MR) is 192 cm³/mol. The zero-order chi connectivity index (χ0) is 34.2. The van der Waals surface area contributed by atoms with Gasteiger partial charge in [0.15, 0.2) is 0 Å². The lowest BCUT2D eigenvalue weighted by Gasteiger charge is -2.35. The number of hydrogen-bond acceptors (Lipinski definition) is 6. The molecule has 260 valence electrons. The summed E-state index contributed by atoms with van der Waals surface area (Å²) in [5.74, 6) is 0.371. The zero-order valence-corrected chi connectivity index (χ0v) is 30.3. The second-order valence-corrected chi connectivity index (χ2v) is 17.2. The second kappa shape index (κ2) is 14.7. The van der Waals surface area contributed by atoms with E-state index in [9.17, 15) is 18.0 Å². The normalized spacial score (nSPS) is 24.3. The SMILES string of the molecule is CC1CCC(OC[C@@H]2C[C@H](N3CCC(S(C)(=O)=O)CC3)CN2C(=O)Cc2cc(Cl)c(NC(=O)c3cn(C)c4ccccc34)cc2Cl)CC1. The molecule has 2 aromatic carbocycles. The molecule has 2 amide bonds. The van der Waals surface area contributed by atoms with Crippen molar-refractivity contribution in [2.75, 3.05) is 37.8 Å². The molecule has 3 heterocycles. The van der Waals surface area contributed by atoms with Gasteiger partial charge in [0.25, 0.3) is 5.91 Å². The quantitative estimate of drug-likeness (QED) is 0.277. The summed E-state index contributed by atoms with van der Waals surface area (Å²) < 4.78 is 32.6. The van der Waals surface area contributed by atoms with Crippen LogP contribution in [0.5, 0.6) is 0 Å².